The molecule has 96 valence electrons. The van der Waals surface area contributed by atoms with Gasteiger partial charge in [-0.25, -0.2) is 14.0 Å². The monoisotopic (exact) mass is 256 g/mol. The van der Waals surface area contributed by atoms with Gasteiger partial charge in [0.2, 0.25) is 0 Å². The molecule has 0 saturated heterocycles. The number of ether oxygens (including phenoxy) is 1. The number of amides is 3. The summed E-state index contributed by atoms with van der Waals surface area (Å²) < 4.78 is 18.1. The van der Waals surface area contributed by atoms with Crippen LogP contribution >= 0.6 is 0 Å². The maximum atomic E-state index is 13.3. The molecule has 0 radical (unpaired) electrons. The summed E-state index contributed by atoms with van der Waals surface area (Å²) >= 11 is 0. The second-order valence-electron chi connectivity index (χ2n) is 3.15. The van der Waals surface area contributed by atoms with Gasteiger partial charge in [-0.3, -0.25) is 10.1 Å². The summed E-state index contributed by atoms with van der Waals surface area (Å²) in [6, 6.07) is 1.89. The van der Waals surface area contributed by atoms with E-state index in [0.717, 1.165) is 18.2 Å². The van der Waals surface area contributed by atoms with E-state index in [0.29, 0.717) is 0 Å². The van der Waals surface area contributed by atoms with Gasteiger partial charge in [0.25, 0.3) is 5.91 Å². The molecule has 0 heterocycles. The number of nitrogens with two attached hydrogens (primary N) is 1. The normalized spacial score (nSPS) is 9.61. The molecule has 7 nitrogen and oxygen atoms in total. The van der Waals surface area contributed by atoms with Crippen LogP contribution in [0.5, 0.6) is 5.75 Å². The zero-order valence-corrected chi connectivity index (χ0v) is 8.97. The number of hydrogen-bond acceptors (Lipinski definition) is 4. The highest BCUT2D eigenvalue weighted by molar-refractivity contribution is 5.94. The van der Waals surface area contributed by atoms with Crippen LogP contribution < -0.4 is 15.8 Å². The zero-order valence-electron chi connectivity index (χ0n) is 8.97. The summed E-state index contributed by atoms with van der Waals surface area (Å²) in [5, 5.41) is 10.3. The maximum absolute atomic E-state index is 13.3. The molecule has 0 aromatic heterocycles. The van der Waals surface area contributed by atoms with Crippen molar-refractivity contribution in [1.82, 2.24) is 5.32 Å². The first-order valence-corrected chi connectivity index (χ1v) is 4.65. The number of carbonyl (C=O) groups excluding carboxylic acids is 2. The number of carbonyl (C=O) groups is 3. The van der Waals surface area contributed by atoms with Gasteiger partial charge in [0.05, 0.1) is 5.56 Å². The Morgan fingerprint density at radius 1 is 1.39 bits per heavy atom. The molecule has 0 unspecified atom stereocenters. The van der Waals surface area contributed by atoms with E-state index in [1.54, 1.807) is 5.32 Å². The SMILES string of the molecule is NC(=O)NC(=O)COc1ccc(C(=O)O)cc1F. The van der Waals surface area contributed by atoms with Crippen molar-refractivity contribution in [3.8, 4) is 5.75 Å². The molecule has 0 aliphatic rings. The molecule has 4 N–H and O–H groups in total. The maximum Gasteiger partial charge on any atom is 0.335 e. The quantitative estimate of drug-likeness (QED) is 0.705. The molecule has 0 atom stereocenters. The van der Waals surface area contributed by atoms with E-state index in [2.05, 4.69) is 5.73 Å². The number of urea groups is 1. The molecule has 8 heteroatoms. The number of primary amides is 1. The van der Waals surface area contributed by atoms with Crippen LogP contribution in [0.4, 0.5) is 9.18 Å². The van der Waals surface area contributed by atoms with Crippen LogP contribution in [0.15, 0.2) is 18.2 Å². The predicted molar refractivity (Wildman–Crippen MR) is 56.6 cm³/mol. The number of aromatic carboxylic acids is 1. The first-order chi connectivity index (χ1) is 8.40. The van der Waals surface area contributed by atoms with Crippen molar-refractivity contribution < 1.29 is 28.6 Å². The van der Waals surface area contributed by atoms with Gasteiger partial charge in [-0.15, -0.1) is 0 Å². The summed E-state index contributed by atoms with van der Waals surface area (Å²) in [5.41, 5.74) is 4.43. The summed E-state index contributed by atoms with van der Waals surface area (Å²) in [6.45, 7) is -0.619. The molecular formula is C10H9FN2O5. The average Bonchev–Trinajstić information content (AvgIpc) is 2.26. The van der Waals surface area contributed by atoms with Crippen molar-refractivity contribution in [3.05, 3.63) is 29.6 Å². The molecule has 0 spiro atoms. The highest BCUT2D eigenvalue weighted by Crippen LogP contribution is 2.18. The lowest BCUT2D eigenvalue weighted by atomic mass is 10.2. The highest BCUT2D eigenvalue weighted by atomic mass is 19.1. The van der Waals surface area contributed by atoms with Gasteiger partial charge < -0.3 is 15.6 Å². The van der Waals surface area contributed by atoms with Crippen LogP contribution in [0.25, 0.3) is 0 Å². The molecule has 1 aromatic rings. The van der Waals surface area contributed by atoms with E-state index in [9.17, 15) is 18.8 Å². The van der Waals surface area contributed by atoms with Crippen LogP contribution in [-0.2, 0) is 4.79 Å². The number of carboxylic acids is 1. The van der Waals surface area contributed by atoms with Crippen molar-refractivity contribution in [2.24, 2.45) is 5.73 Å². The number of halogens is 1. The summed E-state index contributed by atoms with van der Waals surface area (Å²) in [5.74, 6) is -3.36. The van der Waals surface area contributed by atoms with E-state index in [-0.39, 0.29) is 11.3 Å². The van der Waals surface area contributed by atoms with Crippen molar-refractivity contribution >= 4 is 17.9 Å². The smallest absolute Gasteiger partial charge is 0.335 e. The fourth-order valence-corrected chi connectivity index (χ4v) is 1.07. The van der Waals surface area contributed by atoms with Crippen molar-refractivity contribution in [2.75, 3.05) is 6.61 Å². The fourth-order valence-electron chi connectivity index (χ4n) is 1.07. The lowest BCUT2D eigenvalue weighted by Gasteiger charge is -2.06. The van der Waals surface area contributed by atoms with Crippen LogP contribution in [0.1, 0.15) is 10.4 Å². The van der Waals surface area contributed by atoms with Gasteiger partial charge in [-0.2, -0.15) is 0 Å². The van der Waals surface area contributed by atoms with Gasteiger partial charge in [-0.1, -0.05) is 0 Å². The number of imide groups is 1. The van der Waals surface area contributed by atoms with Gasteiger partial charge in [-0.05, 0) is 18.2 Å². The molecular weight excluding hydrogens is 247 g/mol. The minimum Gasteiger partial charge on any atom is -0.481 e. The van der Waals surface area contributed by atoms with Crippen molar-refractivity contribution in [2.45, 2.75) is 0 Å². The number of benzene rings is 1. The standard InChI is InChI=1S/C10H9FN2O5/c11-6-3-5(9(15)16)1-2-7(6)18-4-8(14)13-10(12)17/h1-3H,4H2,(H,15,16)(H3,12,13,14,17). The summed E-state index contributed by atoms with van der Waals surface area (Å²) in [4.78, 5) is 31.8. The Kier molecular flexibility index (Phi) is 4.19. The molecule has 0 fully saturated rings. The number of nitrogens with one attached hydrogen (secondary N) is 1. The molecule has 3 amide bonds. The second kappa shape index (κ2) is 5.62. The number of carboxylic acid groups (broad SMARTS) is 1. The Hall–Kier alpha value is -2.64. The minimum atomic E-state index is -1.29. The van der Waals surface area contributed by atoms with Crippen LogP contribution in [-0.4, -0.2) is 29.6 Å². The van der Waals surface area contributed by atoms with Crippen LogP contribution in [0, 0.1) is 5.82 Å². The largest absolute Gasteiger partial charge is 0.481 e. The topological polar surface area (TPSA) is 119 Å². The number of hydrogen-bond donors (Lipinski definition) is 3. The fraction of sp³-hybridized carbons (Fsp3) is 0.100. The van der Waals surface area contributed by atoms with Crippen molar-refractivity contribution in [3.63, 3.8) is 0 Å². The Morgan fingerprint density at radius 2 is 2.06 bits per heavy atom. The molecule has 0 saturated carbocycles. The lowest BCUT2D eigenvalue weighted by Crippen LogP contribution is -2.38. The Labute approximate surface area is 100 Å². The Balaban J connectivity index is 2.66. The van der Waals surface area contributed by atoms with Gasteiger partial charge in [0.1, 0.15) is 0 Å². The van der Waals surface area contributed by atoms with Gasteiger partial charge in [0, 0.05) is 0 Å². The first-order valence-electron chi connectivity index (χ1n) is 4.65. The van der Waals surface area contributed by atoms with Crippen molar-refractivity contribution in [1.29, 1.82) is 0 Å². The summed E-state index contributed by atoms with van der Waals surface area (Å²) in [6.07, 6.45) is 0. The van der Waals surface area contributed by atoms with Crippen LogP contribution in [0.3, 0.4) is 0 Å². The predicted octanol–water partition coefficient (Wildman–Crippen LogP) is 0.0976. The summed E-state index contributed by atoms with van der Waals surface area (Å²) in [7, 11) is 0. The molecule has 18 heavy (non-hydrogen) atoms. The van der Waals surface area contributed by atoms with Gasteiger partial charge in [0.15, 0.2) is 18.2 Å². The van der Waals surface area contributed by atoms with Crippen LogP contribution in [0.2, 0.25) is 0 Å². The molecule has 1 aromatic carbocycles. The van der Waals surface area contributed by atoms with E-state index in [1.807, 2.05) is 0 Å². The first kappa shape index (κ1) is 13.4. The Bertz CT molecular complexity index is 503. The average molecular weight is 256 g/mol. The third-order valence-electron chi connectivity index (χ3n) is 1.80. The van der Waals surface area contributed by atoms with Gasteiger partial charge >= 0.3 is 12.0 Å². The zero-order chi connectivity index (χ0) is 13.7. The second-order valence-corrected chi connectivity index (χ2v) is 3.15. The van der Waals surface area contributed by atoms with E-state index < -0.39 is 30.3 Å². The van der Waals surface area contributed by atoms with E-state index in [4.69, 9.17) is 9.84 Å². The van der Waals surface area contributed by atoms with E-state index in [1.165, 1.54) is 0 Å². The van der Waals surface area contributed by atoms with E-state index >= 15 is 0 Å². The third-order valence-corrected chi connectivity index (χ3v) is 1.80. The molecule has 0 bridgehead atoms. The number of rotatable bonds is 4. The molecule has 0 aliphatic carbocycles. The third kappa shape index (κ3) is 3.74. The molecule has 0 aliphatic heterocycles. The molecule has 1 rings (SSSR count). The lowest BCUT2D eigenvalue weighted by molar-refractivity contribution is -0.121. The Morgan fingerprint density at radius 3 is 2.56 bits per heavy atom. The highest BCUT2D eigenvalue weighted by Gasteiger charge is 2.11. The minimum absolute atomic E-state index is 0.249.